The van der Waals surface area contributed by atoms with E-state index in [0.717, 1.165) is 16.5 Å². The largest absolute Gasteiger partial charge is 0.332 e. The second-order valence-corrected chi connectivity index (χ2v) is 6.65. The lowest BCUT2D eigenvalue weighted by molar-refractivity contribution is 0.101. The number of carbonyl (C=O) groups is 1. The number of carbonyl (C=O) groups excluding carboxylic acids is 1. The number of hydrogen-bond donors (Lipinski definition) is 1. The lowest BCUT2D eigenvalue weighted by Gasteiger charge is -2.12. The third-order valence-electron chi connectivity index (χ3n) is 4.40. The van der Waals surface area contributed by atoms with Gasteiger partial charge in [0.15, 0.2) is 0 Å². The van der Waals surface area contributed by atoms with Crippen LogP contribution in [0.2, 0.25) is 5.02 Å². The second kappa shape index (κ2) is 7.25. The minimum absolute atomic E-state index is 0.0300. The number of halogens is 2. The minimum atomic E-state index is -0.521. The number of rotatable bonds is 4. The molecule has 0 spiro atoms. The van der Waals surface area contributed by atoms with Gasteiger partial charge in [0.05, 0.1) is 5.02 Å². The Bertz CT molecular complexity index is 1120. The zero-order chi connectivity index (χ0) is 18.8. The molecule has 1 aromatic heterocycles. The lowest BCUT2D eigenvalue weighted by Crippen LogP contribution is -2.17. The van der Waals surface area contributed by atoms with Gasteiger partial charge in [-0.1, -0.05) is 60.1 Å². The van der Waals surface area contributed by atoms with Crippen LogP contribution in [0.1, 0.15) is 16.1 Å². The maximum Gasteiger partial charge on any atom is 0.272 e. The molecule has 3 aromatic carbocycles. The summed E-state index contributed by atoms with van der Waals surface area (Å²) in [5.74, 6) is -0.794. The summed E-state index contributed by atoms with van der Waals surface area (Å²) in [5, 5.41) is 3.75. The Labute approximate surface area is 161 Å². The topological polar surface area (TPSA) is 34.0 Å². The van der Waals surface area contributed by atoms with Gasteiger partial charge < -0.3 is 9.88 Å². The van der Waals surface area contributed by atoms with Crippen LogP contribution in [0.25, 0.3) is 10.9 Å². The molecule has 0 fully saturated rings. The molecule has 4 rings (SSSR count). The van der Waals surface area contributed by atoms with Crippen molar-refractivity contribution in [3.63, 3.8) is 0 Å². The summed E-state index contributed by atoms with van der Waals surface area (Å²) in [6.45, 7) is 0.571. The smallest absolute Gasteiger partial charge is 0.272 e. The number of aromatic nitrogens is 1. The van der Waals surface area contributed by atoms with E-state index in [1.165, 1.54) is 18.2 Å². The van der Waals surface area contributed by atoms with Crippen LogP contribution in [-0.2, 0) is 6.54 Å². The average Bonchev–Trinajstić information content (AvgIpc) is 3.04. The molecule has 134 valence electrons. The maximum atomic E-state index is 13.4. The van der Waals surface area contributed by atoms with Crippen LogP contribution in [0.3, 0.4) is 0 Å². The van der Waals surface area contributed by atoms with E-state index in [4.69, 9.17) is 11.6 Å². The van der Waals surface area contributed by atoms with Crippen LogP contribution in [0.5, 0.6) is 0 Å². The van der Waals surface area contributed by atoms with Crippen molar-refractivity contribution in [3.05, 3.63) is 101 Å². The first kappa shape index (κ1) is 17.3. The molecule has 0 aliphatic rings. The van der Waals surface area contributed by atoms with Gasteiger partial charge in [-0.15, -0.1) is 0 Å². The van der Waals surface area contributed by atoms with E-state index in [-0.39, 0.29) is 10.9 Å². The monoisotopic (exact) mass is 378 g/mol. The van der Waals surface area contributed by atoms with E-state index >= 15 is 0 Å². The Morgan fingerprint density at radius 1 is 0.963 bits per heavy atom. The molecular weight excluding hydrogens is 363 g/mol. The van der Waals surface area contributed by atoms with E-state index in [9.17, 15) is 9.18 Å². The summed E-state index contributed by atoms with van der Waals surface area (Å²) in [5.41, 5.74) is 3.05. The highest BCUT2D eigenvalue weighted by Gasteiger charge is 2.16. The maximum absolute atomic E-state index is 13.4. The predicted molar refractivity (Wildman–Crippen MR) is 107 cm³/mol. The molecule has 3 nitrogen and oxygen atoms in total. The van der Waals surface area contributed by atoms with Gasteiger partial charge in [-0.3, -0.25) is 4.79 Å². The Balaban J connectivity index is 1.72. The molecule has 1 heterocycles. The van der Waals surface area contributed by atoms with Gasteiger partial charge in [-0.05, 0) is 35.9 Å². The van der Waals surface area contributed by atoms with Gasteiger partial charge in [0.2, 0.25) is 0 Å². The van der Waals surface area contributed by atoms with Crippen molar-refractivity contribution >= 4 is 34.1 Å². The summed E-state index contributed by atoms with van der Waals surface area (Å²) in [4.78, 5) is 12.9. The molecule has 0 aliphatic carbocycles. The lowest BCUT2D eigenvalue weighted by atomic mass is 10.2. The van der Waals surface area contributed by atoms with Crippen molar-refractivity contribution in [2.24, 2.45) is 0 Å². The van der Waals surface area contributed by atoms with Crippen LogP contribution < -0.4 is 5.32 Å². The van der Waals surface area contributed by atoms with Crippen LogP contribution >= 0.6 is 11.6 Å². The van der Waals surface area contributed by atoms with Gasteiger partial charge >= 0.3 is 0 Å². The molecule has 1 amide bonds. The number of nitrogens with one attached hydrogen (secondary N) is 1. The highest BCUT2D eigenvalue weighted by molar-refractivity contribution is 6.31. The molecule has 27 heavy (non-hydrogen) atoms. The quantitative estimate of drug-likeness (QED) is 0.483. The van der Waals surface area contributed by atoms with Gasteiger partial charge in [0.25, 0.3) is 5.91 Å². The van der Waals surface area contributed by atoms with Gasteiger partial charge in [0, 0.05) is 23.1 Å². The number of benzene rings is 3. The zero-order valence-electron chi connectivity index (χ0n) is 14.3. The summed E-state index contributed by atoms with van der Waals surface area (Å²) in [6.07, 6.45) is 0. The molecule has 0 atom stereocenters. The van der Waals surface area contributed by atoms with Gasteiger partial charge in [-0.2, -0.15) is 0 Å². The average molecular weight is 379 g/mol. The zero-order valence-corrected chi connectivity index (χ0v) is 15.1. The van der Waals surface area contributed by atoms with Crippen molar-refractivity contribution < 1.29 is 9.18 Å². The first-order valence-electron chi connectivity index (χ1n) is 8.50. The number of para-hydroxylation sites is 1. The van der Waals surface area contributed by atoms with Crippen molar-refractivity contribution in [1.29, 1.82) is 0 Å². The van der Waals surface area contributed by atoms with Crippen molar-refractivity contribution in [3.8, 4) is 0 Å². The minimum Gasteiger partial charge on any atom is -0.332 e. The SMILES string of the molecule is O=C(Nc1ccc(F)c(Cl)c1)c1cc2ccccc2n1Cc1ccccc1. The van der Waals surface area contributed by atoms with Crippen LogP contribution in [-0.4, -0.2) is 10.5 Å². The van der Waals surface area contributed by atoms with Gasteiger partial charge in [0.1, 0.15) is 11.5 Å². The van der Waals surface area contributed by atoms with E-state index in [1.54, 1.807) is 0 Å². The number of hydrogen-bond acceptors (Lipinski definition) is 1. The summed E-state index contributed by atoms with van der Waals surface area (Å²) in [7, 11) is 0. The fourth-order valence-corrected chi connectivity index (χ4v) is 3.28. The van der Waals surface area contributed by atoms with Crippen molar-refractivity contribution in [2.75, 3.05) is 5.32 Å². The molecule has 4 aromatic rings. The molecular formula is C22H16ClFN2O. The van der Waals surface area contributed by atoms with E-state index in [1.807, 2.05) is 65.2 Å². The highest BCUT2D eigenvalue weighted by Crippen LogP contribution is 2.24. The molecule has 0 radical (unpaired) electrons. The predicted octanol–water partition coefficient (Wildman–Crippen LogP) is 5.73. The van der Waals surface area contributed by atoms with E-state index in [0.29, 0.717) is 17.9 Å². The second-order valence-electron chi connectivity index (χ2n) is 6.24. The molecule has 0 saturated carbocycles. The summed E-state index contributed by atoms with van der Waals surface area (Å²) >= 11 is 5.81. The standard InChI is InChI=1S/C22H16ClFN2O/c23-18-13-17(10-11-19(18)24)25-22(27)21-12-16-8-4-5-9-20(16)26(21)14-15-6-2-1-3-7-15/h1-13H,14H2,(H,25,27). The Hall–Kier alpha value is -3.11. The Morgan fingerprint density at radius 2 is 1.70 bits per heavy atom. The Morgan fingerprint density at radius 3 is 2.48 bits per heavy atom. The van der Waals surface area contributed by atoms with Crippen LogP contribution in [0.4, 0.5) is 10.1 Å². The number of amides is 1. The first-order valence-corrected chi connectivity index (χ1v) is 8.88. The number of nitrogens with zero attached hydrogens (tertiary/aromatic N) is 1. The first-order chi connectivity index (χ1) is 13.1. The summed E-state index contributed by atoms with van der Waals surface area (Å²) in [6, 6.07) is 23.8. The number of fused-ring (bicyclic) bond motifs is 1. The third-order valence-corrected chi connectivity index (χ3v) is 4.69. The van der Waals surface area contributed by atoms with E-state index < -0.39 is 5.82 Å². The number of anilines is 1. The summed E-state index contributed by atoms with van der Waals surface area (Å²) < 4.78 is 15.3. The fraction of sp³-hybridized carbons (Fsp3) is 0.0455. The van der Waals surface area contributed by atoms with Crippen LogP contribution in [0.15, 0.2) is 78.9 Å². The molecule has 0 aliphatic heterocycles. The Kier molecular flexibility index (Phi) is 4.65. The van der Waals surface area contributed by atoms with Gasteiger partial charge in [-0.25, -0.2) is 4.39 Å². The molecule has 5 heteroatoms. The normalized spacial score (nSPS) is 10.9. The van der Waals surface area contributed by atoms with E-state index in [2.05, 4.69) is 5.32 Å². The molecule has 0 saturated heterocycles. The molecule has 0 unspecified atom stereocenters. The highest BCUT2D eigenvalue weighted by atomic mass is 35.5. The van der Waals surface area contributed by atoms with Crippen LogP contribution in [0, 0.1) is 5.82 Å². The molecule has 1 N–H and O–H groups in total. The fourth-order valence-electron chi connectivity index (χ4n) is 3.10. The third kappa shape index (κ3) is 3.57. The molecule has 0 bridgehead atoms. The van der Waals surface area contributed by atoms with Crippen molar-refractivity contribution in [1.82, 2.24) is 4.57 Å². The van der Waals surface area contributed by atoms with Crippen molar-refractivity contribution in [2.45, 2.75) is 6.54 Å².